The molecule has 0 fully saturated rings. The van der Waals surface area contributed by atoms with Gasteiger partial charge in [-0.1, -0.05) is 0 Å². The van der Waals surface area contributed by atoms with E-state index in [1.807, 2.05) is 0 Å². The highest BCUT2D eigenvalue weighted by Crippen LogP contribution is 2.22. The molecule has 0 aliphatic carbocycles. The fraction of sp³-hybridized carbons (Fsp3) is 0.0714. The van der Waals surface area contributed by atoms with Gasteiger partial charge in [0.15, 0.2) is 5.84 Å². The molecule has 0 bridgehead atoms. The zero-order valence-electron chi connectivity index (χ0n) is 13.5. The number of hydrogen-bond acceptors (Lipinski definition) is 9. The van der Waals surface area contributed by atoms with E-state index in [0.29, 0.717) is 5.69 Å². The monoisotopic (exact) mass is 374 g/mol. The van der Waals surface area contributed by atoms with E-state index in [2.05, 4.69) is 25.2 Å². The van der Waals surface area contributed by atoms with Crippen LogP contribution in [0, 0.1) is 16.7 Å². The van der Waals surface area contributed by atoms with Crippen LogP contribution in [0.5, 0.6) is 5.88 Å². The largest absolute Gasteiger partial charge is 0.478 e. The molecule has 12 heteroatoms. The van der Waals surface area contributed by atoms with Crippen molar-refractivity contribution in [3.8, 4) is 11.9 Å². The lowest BCUT2D eigenvalue weighted by atomic mass is 10.3. The van der Waals surface area contributed by atoms with E-state index in [9.17, 15) is 8.42 Å². The molecule has 134 valence electrons. The lowest BCUT2D eigenvalue weighted by Crippen LogP contribution is -2.21. The van der Waals surface area contributed by atoms with Gasteiger partial charge in [-0.15, -0.1) is 0 Å². The zero-order valence-corrected chi connectivity index (χ0v) is 14.3. The van der Waals surface area contributed by atoms with E-state index in [1.165, 1.54) is 43.8 Å². The first-order chi connectivity index (χ1) is 12.4. The van der Waals surface area contributed by atoms with Crippen molar-refractivity contribution in [2.75, 3.05) is 17.3 Å². The Kier molecular flexibility index (Phi) is 5.66. The maximum absolute atomic E-state index is 12.4. The van der Waals surface area contributed by atoms with Gasteiger partial charge in [0.25, 0.3) is 15.9 Å². The Morgan fingerprint density at radius 2 is 1.96 bits per heavy atom. The average Bonchev–Trinajstić information content (AvgIpc) is 2.62. The first kappa shape index (κ1) is 18.6. The minimum absolute atomic E-state index is 0.0354. The van der Waals surface area contributed by atoms with Gasteiger partial charge in [0.1, 0.15) is 6.07 Å². The summed E-state index contributed by atoms with van der Waals surface area (Å²) in [6, 6.07) is 7.16. The van der Waals surface area contributed by atoms with Gasteiger partial charge in [0.2, 0.25) is 11.5 Å². The molecule has 0 aliphatic rings. The van der Waals surface area contributed by atoms with Gasteiger partial charge in [0, 0.05) is 12.4 Å². The van der Waals surface area contributed by atoms with Crippen molar-refractivity contribution in [1.82, 2.24) is 9.97 Å². The molecule has 2 aromatic rings. The van der Waals surface area contributed by atoms with E-state index in [4.69, 9.17) is 21.1 Å². The van der Waals surface area contributed by atoms with Crippen molar-refractivity contribution in [1.29, 1.82) is 10.7 Å². The molecule has 0 saturated heterocycles. The van der Waals surface area contributed by atoms with Crippen molar-refractivity contribution in [3.05, 3.63) is 36.7 Å². The molecule has 11 nitrogen and oxygen atoms in total. The molecule has 1 aromatic heterocycles. The molecule has 0 radical (unpaired) electrons. The standard InChI is InChI=1S/C14H14N8O3S/c1-25-14-13(18-6-7-19-14)22-26(23,24)10-4-2-9(3-5-10)20-21-11(8-15)12(16)17/h2-7,20H,1H3,(H3,16,17)(H,18,22)/b21-11+. The normalized spacial score (nSPS) is 11.3. The molecule has 0 aliphatic heterocycles. The molecule has 0 spiro atoms. The van der Waals surface area contributed by atoms with Crippen LogP contribution < -0.4 is 20.6 Å². The first-order valence-corrected chi connectivity index (χ1v) is 8.41. The smallest absolute Gasteiger partial charge is 0.263 e. The molecule has 26 heavy (non-hydrogen) atoms. The number of hydrazone groups is 1. The van der Waals surface area contributed by atoms with Gasteiger partial charge in [-0.2, -0.15) is 10.4 Å². The minimum Gasteiger partial charge on any atom is -0.478 e. The summed E-state index contributed by atoms with van der Waals surface area (Å²) in [5.41, 5.74) is 7.79. The number of nitriles is 1. The lowest BCUT2D eigenvalue weighted by molar-refractivity contribution is 0.398. The topological polar surface area (TPSA) is 179 Å². The molecular weight excluding hydrogens is 360 g/mol. The number of rotatable bonds is 7. The van der Waals surface area contributed by atoms with Crippen LogP contribution in [0.4, 0.5) is 11.5 Å². The Balaban J connectivity index is 2.19. The highest BCUT2D eigenvalue weighted by atomic mass is 32.2. The number of nitrogens with zero attached hydrogens (tertiary/aromatic N) is 4. The van der Waals surface area contributed by atoms with Crippen molar-refractivity contribution >= 4 is 33.1 Å². The molecule has 5 N–H and O–H groups in total. The molecule has 0 unspecified atom stereocenters. The maximum atomic E-state index is 12.4. The Labute approximate surface area is 149 Å². The summed E-state index contributed by atoms with van der Waals surface area (Å²) >= 11 is 0. The zero-order chi connectivity index (χ0) is 19.2. The van der Waals surface area contributed by atoms with Crippen molar-refractivity contribution < 1.29 is 13.2 Å². The van der Waals surface area contributed by atoms with Crippen molar-refractivity contribution in [3.63, 3.8) is 0 Å². The number of nitrogens with one attached hydrogen (secondary N) is 3. The summed E-state index contributed by atoms with van der Waals surface area (Å²) in [5.74, 6) is -0.486. The number of methoxy groups -OCH3 is 1. The third kappa shape index (κ3) is 4.42. The van der Waals surface area contributed by atoms with Crippen LogP contribution in [0.1, 0.15) is 0 Å². The van der Waals surface area contributed by atoms with Crippen LogP contribution in [0.25, 0.3) is 0 Å². The van der Waals surface area contributed by atoms with Gasteiger partial charge in [-0.3, -0.25) is 15.6 Å². The highest BCUT2D eigenvalue weighted by molar-refractivity contribution is 7.92. The second-order valence-electron chi connectivity index (χ2n) is 4.64. The molecule has 0 amide bonds. The lowest BCUT2D eigenvalue weighted by Gasteiger charge is -2.10. The number of anilines is 2. The molecule has 2 rings (SSSR count). The van der Waals surface area contributed by atoms with E-state index >= 15 is 0 Å². The maximum Gasteiger partial charge on any atom is 0.263 e. The predicted octanol–water partition coefficient (Wildman–Crippen LogP) is 0.513. The fourth-order valence-corrected chi connectivity index (χ4v) is 2.71. The van der Waals surface area contributed by atoms with Gasteiger partial charge >= 0.3 is 0 Å². The van der Waals surface area contributed by atoms with E-state index in [0.717, 1.165) is 0 Å². The van der Waals surface area contributed by atoms with Gasteiger partial charge in [-0.05, 0) is 24.3 Å². The van der Waals surface area contributed by atoms with Crippen LogP contribution in [-0.2, 0) is 10.0 Å². The Morgan fingerprint density at radius 3 is 2.54 bits per heavy atom. The van der Waals surface area contributed by atoms with Gasteiger partial charge in [-0.25, -0.2) is 18.4 Å². The first-order valence-electron chi connectivity index (χ1n) is 6.93. The van der Waals surface area contributed by atoms with E-state index < -0.39 is 15.9 Å². The molecule has 1 aromatic carbocycles. The number of sulfonamides is 1. The number of hydrogen-bond donors (Lipinski definition) is 4. The molecule has 1 heterocycles. The van der Waals surface area contributed by atoms with E-state index in [-0.39, 0.29) is 22.3 Å². The van der Waals surface area contributed by atoms with Gasteiger partial charge in [0.05, 0.1) is 17.7 Å². The summed E-state index contributed by atoms with van der Waals surface area (Å²) in [6.45, 7) is 0. The third-order valence-electron chi connectivity index (χ3n) is 2.91. The second kappa shape index (κ2) is 7.90. The summed E-state index contributed by atoms with van der Waals surface area (Å²) in [5, 5.41) is 19.6. The second-order valence-corrected chi connectivity index (χ2v) is 6.32. The molecule has 0 atom stereocenters. The quantitative estimate of drug-likeness (QED) is 0.307. The highest BCUT2D eigenvalue weighted by Gasteiger charge is 2.18. The van der Waals surface area contributed by atoms with Crippen molar-refractivity contribution in [2.45, 2.75) is 4.90 Å². The number of nitrogens with two attached hydrogens (primary N) is 1. The molecule has 0 saturated carbocycles. The number of benzene rings is 1. The van der Waals surface area contributed by atoms with Crippen LogP contribution in [0.3, 0.4) is 0 Å². The van der Waals surface area contributed by atoms with Crippen LogP contribution in [-0.4, -0.2) is 37.0 Å². The number of ether oxygens (including phenoxy) is 1. The van der Waals surface area contributed by atoms with Gasteiger partial charge < -0.3 is 10.5 Å². The third-order valence-corrected chi connectivity index (χ3v) is 4.27. The van der Waals surface area contributed by atoms with Crippen LogP contribution in [0.15, 0.2) is 46.7 Å². The fourth-order valence-electron chi connectivity index (χ4n) is 1.71. The van der Waals surface area contributed by atoms with Crippen LogP contribution in [0.2, 0.25) is 0 Å². The summed E-state index contributed by atoms with van der Waals surface area (Å²) < 4.78 is 32.1. The van der Waals surface area contributed by atoms with Crippen molar-refractivity contribution in [2.24, 2.45) is 10.8 Å². The van der Waals surface area contributed by atoms with E-state index in [1.54, 1.807) is 6.07 Å². The Bertz CT molecular complexity index is 980. The summed E-state index contributed by atoms with van der Waals surface area (Å²) in [4.78, 5) is 7.71. The summed E-state index contributed by atoms with van der Waals surface area (Å²) in [7, 11) is -2.57. The minimum atomic E-state index is -3.91. The SMILES string of the molecule is COc1nccnc1NS(=O)(=O)c1ccc(N/N=C(\C#N)C(=N)N)cc1. The van der Waals surface area contributed by atoms with Crippen LogP contribution >= 0.6 is 0 Å². The summed E-state index contributed by atoms with van der Waals surface area (Å²) in [6.07, 6.45) is 2.70. The average molecular weight is 374 g/mol. The Hall–Kier alpha value is -3.72. The Morgan fingerprint density at radius 1 is 1.31 bits per heavy atom. The molecular formula is C14H14N8O3S. The number of aromatic nitrogens is 2. The predicted molar refractivity (Wildman–Crippen MR) is 94.4 cm³/mol. The number of amidine groups is 1.